The van der Waals surface area contributed by atoms with Gasteiger partial charge >= 0.3 is 0 Å². The quantitative estimate of drug-likeness (QED) is 0.879. The lowest BCUT2D eigenvalue weighted by Gasteiger charge is -2.09. The number of halogens is 2. The van der Waals surface area contributed by atoms with Crippen molar-refractivity contribution in [3.8, 4) is 11.6 Å². The van der Waals surface area contributed by atoms with Crippen LogP contribution in [0.1, 0.15) is 5.56 Å². The molecule has 18 heavy (non-hydrogen) atoms. The molecule has 0 amide bonds. The van der Waals surface area contributed by atoms with Crippen molar-refractivity contribution in [1.29, 1.82) is 0 Å². The van der Waals surface area contributed by atoms with E-state index in [-0.39, 0.29) is 0 Å². The highest BCUT2D eigenvalue weighted by Gasteiger charge is 2.09. The first-order valence-electron chi connectivity index (χ1n) is 5.24. The number of benzene rings is 1. The van der Waals surface area contributed by atoms with Gasteiger partial charge in [-0.05, 0) is 56.5 Å². The third-order valence-electron chi connectivity index (χ3n) is 2.23. The first kappa shape index (κ1) is 13.3. The van der Waals surface area contributed by atoms with E-state index < -0.39 is 0 Å². The van der Waals surface area contributed by atoms with E-state index in [4.69, 9.17) is 4.74 Å². The van der Waals surface area contributed by atoms with E-state index in [2.05, 4.69) is 47.1 Å². The highest BCUT2D eigenvalue weighted by Crippen LogP contribution is 2.33. The third kappa shape index (κ3) is 3.00. The number of aromatic nitrogens is 2. The molecule has 0 aliphatic rings. The maximum Gasteiger partial charge on any atom is 0.238 e. The van der Waals surface area contributed by atoms with Gasteiger partial charge in [0.1, 0.15) is 5.75 Å². The van der Waals surface area contributed by atoms with E-state index in [9.17, 15) is 0 Å². The largest absolute Gasteiger partial charge is 0.437 e. The highest BCUT2D eigenvalue weighted by molar-refractivity contribution is 9.11. The molecule has 0 fully saturated rings. The molecule has 0 aliphatic carbocycles. The van der Waals surface area contributed by atoms with Crippen LogP contribution in [0.5, 0.6) is 11.6 Å². The molecule has 1 heterocycles. The summed E-state index contributed by atoms with van der Waals surface area (Å²) in [6.45, 7) is 2.02. The van der Waals surface area contributed by atoms with Gasteiger partial charge in [0, 0.05) is 7.05 Å². The van der Waals surface area contributed by atoms with E-state index in [0.29, 0.717) is 22.1 Å². The molecule has 0 saturated carbocycles. The van der Waals surface area contributed by atoms with Gasteiger partial charge in [-0.1, -0.05) is 6.07 Å². The van der Waals surface area contributed by atoms with Crippen LogP contribution in [0.15, 0.2) is 33.3 Å². The van der Waals surface area contributed by atoms with Crippen LogP contribution in [0.3, 0.4) is 0 Å². The molecule has 6 heteroatoms. The summed E-state index contributed by atoms with van der Waals surface area (Å²) in [5.74, 6) is 1.69. The van der Waals surface area contributed by atoms with E-state index in [1.165, 1.54) is 0 Å². The summed E-state index contributed by atoms with van der Waals surface area (Å²) in [6.07, 6.45) is 1.65. The maximum atomic E-state index is 5.75. The number of anilines is 1. The van der Waals surface area contributed by atoms with Crippen molar-refractivity contribution in [3.05, 3.63) is 38.9 Å². The topological polar surface area (TPSA) is 47.0 Å². The Morgan fingerprint density at radius 1 is 1.22 bits per heavy atom. The molecular formula is C12H11Br2N3O. The molecule has 4 nitrogen and oxygen atoms in total. The Labute approximate surface area is 122 Å². The maximum absolute atomic E-state index is 5.75. The van der Waals surface area contributed by atoms with Gasteiger partial charge in [-0.15, -0.1) is 0 Å². The van der Waals surface area contributed by atoms with Crippen LogP contribution < -0.4 is 10.1 Å². The molecule has 0 saturated heterocycles. The zero-order chi connectivity index (χ0) is 13.1. The van der Waals surface area contributed by atoms with Crippen LogP contribution in [-0.4, -0.2) is 17.0 Å². The molecule has 1 aromatic carbocycles. The van der Waals surface area contributed by atoms with Crippen LogP contribution in [0.4, 0.5) is 5.95 Å². The van der Waals surface area contributed by atoms with Crippen molar-refractivity contribution < 1.29 is 4.74 Å². The summed E-state index contributed by atoms with van der Waals surface area (Å²) in [5, 5.41) is 2.87. The normalized spacial score (nSPS) is 10.2. The first-order chi connectivity index (χ1) is 8.60. The van der Waals surface area contributed by atoms with Gasteiger partial charge in [-0.25, -0.2) is 4.98 Å². The van der Waals surface area contributed by atoms with Crippen molar-refractivity contribution >= 4 is 37.8 Å². The predicted octanol–water partition coefficient (Wildman–Crippen LogP) is 4.14. The van der Waals surface area contributed by atoms with Crippen LogP contribution in [-0.2, 0) is 0 Å². The fourth-order valence-electron chi connectivity index (χ4n) is 1.34. The fraction of sp³-hybridized carbons (Fsp3) is 0.167. The van der Waals surface area contributed by atoms with Gasteiger partial charge in [-0.2, -0.15) is 4.98 Å². The number of aryl methyl sites for hydroxylation is 1. The Kier molecular flexibility index (Phi) is 4.19. The minimum Gasteiger partial charge on any atom is -0.437 e. The van der Waals surface area contributed by atoms with Gasteiger partial charge in [-0.3, -0.25) is 0 Å². The minimum atomic E-state index is 0.471. The van der Waals surface area contributed by atoms with Crippen LogP contribution in [0, 0.1) is 6.92 Å². The number of hydrogen-bond acceptors (Lipinski definition) is 4. The second kappa shape index (κ2) is 5.67. The molecule has 1 N–H and O–H groups in total. The average molecular weight is 373 g/mol. The van der Waals surface area contributed by atoms with E-state index in [1.54, 1.807) is 13.2 Å². The number of ether oxygens (including phenoxy) is 1. The molecule has 2 aromatic rings. The van der Waals surface area contributed by atoms with Gasteiger partial charge in [0.2, 0.25) is 11.8 Å². The Balaban J connectivity index is 2.33. The second-order valence-corrected chi connectivity index (χ2v) is 5.34. The summed E-state index contributed by atoms with van der Waals surface area (Å²) in [7, 11) is 1.76. The minimum absolute atomic E-state index is 0.471. The average Bonchev–Trinajstić information content (AvgIpc) is 2.35. The van der Waals surface area contributed by atoms with Crippen LogP contribution >= 0.6 is 31.9 Å². The Morgan fingerprint density at radius 3 is 2.67 bits per heavy atom. The number of nitrogens with zero attached hydrogens (tertiary/aromatic N) is 2. The molecule has 0 radical (unpaired) electrons. The number of hydrogen-bond donors (Lipinski definition) is 1. The lowest BCUT2D eigenvalue weighted by molar-refractivity contribution is 0.456. The molecule has 2 rings (SSSR count). The molecule has 1 aromatic heterocycles. The predicted molar refractivity (Wildman–Crippen MR) is 78.2 cm³/mol. The molecule has 0 atom stereocenters. The SMILES string of the molecule is CNc1ncc(Br)c(Oc2ccc(C)cc2Br)n1. The van der Waals surface area contributed by atoms with E-state index in [1.807, 2.05) is 25.1 Å². The Morgan fingerprint density at radius 2 is 2.00 bits per heavy atom. The van der Waals surface area contributed by atoms with Gasteiger partial charge in [0.25, 0.3) is 0 Å². The molecule has 0 unspecified atom stereocenters. The first-order valence-corrected chi connectivity index (χ1v) is 6.83. The lowest BCUT2D eigenvalue weighted by Crippen LogP contribution is -1.98. The standard InChI is InChI=1S/C12H11Br2N3O/c1-7-3-4-10(8(13)5-7)18-11-9(14)6-16-12(15-2)17-11/h3-6H,1-2H3,(H,15,16,17). The van der Waals surface area contributed by atoms with Crippen molar-refractivity contribution in [2.75, 3.05) is 12.4 Å². The van der Waals surface area contributed by atoms with Gasteiger partial charge < -0.3 is 10.1 Å². The van der Waals surface area contributed by atoms with E-state index >= 15 is 0 Å². The van der Waals surface area contributed by atoms with Crippen LogP contribution in [0.25, 0.3) is 0 Å². The number of rotatable bonds is 3. The highest BCUT2D eigenvalue weighted by atomic mass is 79.9. The second-order valence-electron chi connectivity index (χ2n) is 3.63. The van der Waals surface area contributed by atoms with Gasteiger partial charge in [0.15, 0.2) is 0 Å². The molecular weight excluding hydrogens is 362 g/mol. The monoisotopic (exact) mass is 371 g/mol. The Bertz CT molecular complexity index is 575. The molecule has 0 bridgehead atoms. The third-order valence-corrected chi connectivity index (χ3v) is 3.39. The smallest absolute Gasteiger partial charge is 0.238 e. The van der Waals surface area contributed by atoms with Crippen LogP contribution in [0.2, 0.25) is 0 Å². The van der Waals surface area contributed by atoms with Crippen molar-refractivity contribution in [2.45, 2.75) is 6.92 Å². The van der Waals surface area contributed by atoms with Crippen molar-refractivity contribution in [1.82, 2.24) is 9.97 Å². The zero-order valence-electron chi connectivity index (χ0n) is 9.87. The molecule has 94 valence electrons. The summed E-state index contributed by atoms with van der Waals surface area (Å²) < 4.78 is 7.34. The van der Waals surface area contributed by atoms with E-state index in [0.717, 1.165) is 10.0 Å². The van der Waals surface area contributed by atoms with Crippen molar-refractivity contribution in [3.63, 3.8) is 0 Å². The molecule has 0 aliphatic heterocycles. The summed E-state index contributed by atoms with van der Waals surface area (Å²) in [6, 6.07) is 5.87. The summed E-state index contributed by atoms with van der Waals surface area (Å²) >= 11 is 6.83. The van der Waals surface area contributed by atoms with Gasteiger partial charge in [0.05, 0.1) is 15.1 Å². The molecule has 0 spiro atoms. The zero-order valence-corrected chi connectivity index (χ0v) is 13.0. The Hall–Kier alpha value is -1.14. The van der Waals surface area contributed by atoms with Crippen molar-refractivity contribution in [2.24, 2.45) is 0 Å². The fourth-order valence-corrected chi connectivity index (χ4v) is 2.18. The summed E-state index contributed by atoms with van der Waals surface area (Å²) in [4.78, 5) is 8.31. The number of nitrogens with one attached hydrogen (secondary N) is 1. The lowest BCUT2D eigenvalue weighted by atomic mass is 10.2. The summed E-state index contributed by atoms with van der Waals surface area (Å²) in [5.41, 5.74) is 1.16.